The van der Waals surface area contributed by atoms with Gasteiger partial charge in [0.15, 0.2) is 18.1 Å². The number of benzene rings is 1. The van der Waals surface area contributed by atoms with Crippen molar-refractivity contribution in [2.75, 3.05) is 26.4 Å². The fourth-order valence-electron chi connectivity index (χ4n) is 2.83. The minimum Gasteiger partial charge on any atom is -0.490 e. The molecule has 1 fully saturated rings. The van der Waals surface area contributed by atoms with E-state index in [1.165, 1.54) is 0 Å². The average molecular weight is 364 g/mol. The lowest BCUT2D eigenvalue weighted by molar-refractivity contribution is -0.124. The van der Waals surface area contributed by atoms with Crippen molar-refractivity contribution in [1.82, 2.24) is 10.6 Å². The van der Waals surface area contributed by atoms with E-state index in [1.807, 2.05) is 45.9 Å². The first-order valence-electron chi connectivity index (χ1n) is 9.39. The fraction of sp³-hybridized carbons (Fsp3) is 0.650. The molecule has 2 rings (SSSR count). The summed E-state index contributed by atoms with van der Waals surface area (Å²) in [6.45, 7) is 10.7. The third kappa shape index (κ3) is 7.22. The summed E-state index contributed by atoms with van der Waals surface area (Å²) in [6.07, 6.45) is 2.60. The Morgan fingerprint density at radius 3 is 2.73 bits per heavy atom. The van der Waals surface area contributed by atoms with Gasteiger partial charge in [0.25, 0.3) is 5.91 Å². The van der Waals surface area contributed by atoms with Crippen LogP contribution in [-0.4, -0.2) is 43.9 Å². The quantitative estimate of drug-likeness (QED) is 0.705. The highest BCUT2D eigenvalue weighted by Crippen LogP contribution is 2.28. The minimum absolute atomic E-state index is 0.0338. The maximum atomic E-state index is 11.9. The molecule has 2 N–H and O–H groups in total. The fourth-order valence-corrected chi connectivity index (χ4v) is 2.83. The molecule has 1 aromatic carbocycles. The van der Waals surface area contributed by atoms with Gasteiger partial charge in [-0.2, -0.15) is 0 Å². The molecule has 146 valence electrons. The van der Waals surface area contributed by atoms with E-state index >= 15 is 0 Å². The second kappa shape index (κ2) is 9.78. The lowest BCUT2D eigenvalue weighted by Gasteiger charge is -2.21. The molecule has 6 nitrogen and oxygen atoms in total. The lowest BCUT2D eigenvalue weighted by atomic mass is 10.1. The third-order valence-electron chi connectivity index (χ3n) is 3.91. The largest absolute Gasteiger partial charge is 0.490 e. The van der Waals surface area contributed by atoms with Crippen LogP contribution in [0.1, 0.15) is 46.1 Å². The molecule has 0 unspecified atom stereocenters. The Hall–Kier alpha value is -1.79. The van der Waals surface area contributed by atoms with E-state index in [9.17, 15) is 4.79 Å². The van der Waals surface area contributed by atoms with Gasteiger partial charge in [-0.15, -0.1) is 0 Å². The Bertz CT molecular complexity index is 578. The van der Waals surface area contributed by atoms with Crippen molar-refractivity contribution in [3.8, 4) is 11.5 Å². The van der Waals surface area contributed by atoms with Crippen LogP contribution >= 0.6 is 0 Å². The van der Waals surface area contributed by atoms with Gasteiger partial charge in [0.05, 0.1) is 12.7 Å². The van der Waals surface area contributed by atoms with Crippen molar-refractivity contribution in [3.05, 3.63) is 23.8 Å². The number of nitrogens with one attached hydrogen (secondary N) is 2. The monoisotopic (exact) mass is 364 g/mol. The van der Waals surface area contributed by atoms with Crippen molar-refractivity contribution in [2.24, 2.45) is 0 Å². The summed E-state index contributed by atoms with van der Waals surface area (Å²) in [5, 5.41) is 6.30. The first-order valence-corrected chi connectivity index (χ1v) is 9.39. The summed E-state index contributed by atoms with van der Waals surface area (Å²) >= 11 is 0. The predicted molar refractivity (Wildman–Crippen MR) is 102 cm³/mol. The highest BCUT2D eigenvalue weighted by molar-refractivity contribution is 5.78. The second-order valence-corrected chi connectivity index (χ2v) is 7.57. The standard InChI is InChI=1S/C20H32N2O4/c1-5-24-18-11-15(12-21-13-16-7-6-10-25-16)8-9-17(18)26-14-19(23)22-20(2,3)4/h8-9,11,16,21H,5-7,10,12-14H2,1-4H3,(H,22,23)/t16-/m0/s1. The van der Waals surface area contributed by atoms with E-state index in [0.29, 0.717) is 24.2 Å². The summed E-state index contributed by atoms with van der Waals surface area (Å²) in [7, 11) is 0. The third-order valence-corrected chi connectivity index (χ3v) is 3.91. The molecule has 1 aliphatic rings. The summed E-state index contributed by atoms with van der Waals surface area (Å²) in [6, 6.07) is 5.81. The molecule has 1 saturated heterocycles. The van der Waals surface area contributed by atoms with E-state index in [1.54, 1.807) is 0 Å². The molecule has 0 aliphatic carbocycles. The maximum Gasteiger partial charge on any atom is 0.258 e. The molecule has 0 radical (unpaired) electrons. The lowest BCUT2D eigenvalue weighted by Crippen LogP contribution is -2.43. The number of rotatable bonds is 9. The van der Waals surface area contributed by atoms with Crippen molar-refractivity contribution >= 4 is 5.91 Å². The topological polar surface area (TPSA) is 68.8 Å². The highest BCUT2D eigenvalue weighted by Gasteiger charge is 2.16. The van der Waals surface area contributed by atoms with E-state index < -0.39 is 0 Å². The number of carbonyl (C=O) groups excluding carboxylic acids is 1. The molecule has 0 bridgehead atoms. The predicted octanol–water partition coefficient (Wildman–Crippen LogP) is 2.65. The van der Waals surface area contributed by atoms with Crippen molar-refractivity contribution in [3.63, 3.8) is 0 Å². The van der Waals surface area contributed by atoms with Crippen LogP contribution in [0.25, 0.3) is 0 Å². The number of hydrogen-bond acceptors (Lipinski definition) is 5. The van der Waals surface area contributed by atoms with Gasteiger partial charge in [0, 0.05) is 25.2 Å². The molecule has 1 amide bonds. The van der Waals surface area contributed by atoms with Crippen LogP contribution in [0.5, 0.6) is 11.5 Å². The van der Waals surface area contributed by atoms with Crippen LogP contribution in [0, 0.1) is 0 Å². The molecular weight excluding hydrogens is 332 g/mol. The zero-order chi connectivity index (χ0) is 19.0. The molecule has 1 aromatic rings. The van der Waals surface area contributed by atoms with Crippen LogP contribution in [0.15, 0.2) is 18.2 Å². The van der Waals surface area contributed by atoms with Gasteiger partial charge >= 0.3 is 0 Å². The smallest absolute Gasteiger partial charge is 0.258 e. The van der Waals surface area contributed by atoms with E-state index in [4.69, 9.17) is 14.2 Å². The van der Waals surface area contributed by atoms with E-state index in [0.717, 1.165) is 38.1 Å². The van der Waals surface area contributed by atoms with Crippen LogP contribution in [-0.2, 0) is 16.1 Å². The molecule has 0 aromatic heterocycles. The summed E-state index contributed by atoms with van der Waals surface area (Å²) in [5.74, 6) is 1.09. The van der Waals surface area contributed by atoms with Gasteiger partial charge in [0.1, 0.15) is 0 Å². The number of hydrogen-bond donors (Lipinski definition) is 2. The maximum absolute atomic E-state index is 11.9. The van der Waals surface area contributed by atoms with Crippen LogP contribution < -0.4 is 20.1 Å². The van der Waals surface area contributed by atoms with Gasteiger partial charge < -0.3 is 24.8 Å². The molecule has 1 aliphatic heterocycles. The van der Waals surface area contributed by atoms with Crippen molar-refractivity contribution in [1.29, 1.82) is 0 Å². The Labute approximate surface area is 156 Å². The molecule has 1 heterocycles. The van der Waals surface area contributed by atoms with Crippen LogP contribution in [0.4, 0.5) is 0 Å². The minimum atomic E-state index is -0.276. The summed E-state index contributed by atoms with van der Waals surface area (Å²) < 4.78 is 17.0. The SMILES string of the molecule is CCOc1cc(CNC[C@@H]2CCCO2)ccc1OCC(=O)NC(C)(C)C. The first-order chi connectivity index (χ1) is 12.4. The Kier molecular flexibility index (Phi) is 7.72. The molecular formula is C20H32N2O4. The Morgan fingerprint density at radius 1 is 1.27 bits per heavy atom. The van der Waals surface area contributed by atoms with Crippen LogP contribution in [0.3, 0.4) is 0 Å². The molecule has 0 saturated carbocycles. The normalized spacial score (nSPS) is 17.2. The Balaban J connectivity index is 1.88. The number of ether oxygens (including phenoxy) is 3. The number of amides is 1. The van der Waals surface area contributed by atoms with E-state index in [2.05, 4.69) is 10.6 Å². The van der Waals surface area contributed by atoms with Crippen LogP contribution in [0.2, 0.25) is 0 Å². The van der Waals surface area contributed by atoms with Crippen molar-refractivity contribution < 1.29 is 19.0 Å². The molecule has 6 heteroatoms. The average Bonchev–Trinajstić information content (AvgIpc) is 3.06. The molecule has 0 spiro atoms. The zero-order valence-electron chi connectivity index (χ0n) is 16.4. The van der Waals surface area contributed by atoms with E-state index in [-0.39, 0.29) is 18.1 Å². The zero-order valence-corrected chi connectivity index (χ0v) is 16.4. The first kappa shape index (κ1) is 20.5. The highest BCUT2D eigenvalue weighted by atomic mass is 16.5. The molecule has 26 heavy (non-hydrogen) atoms. The van der Waals surface area contributed by atoms with Gasteiger partial charge in [-0.3, -0.25) is 4.79 Å². The van der Waals surface area contributed by atoms with Gasteiger partial charge in [-0.1, -0.05) is 6.07 Å². The van der Waals surface area contributed by atoms with Gasteiger partial charge in [-0.25, -0.2) is 0 Å². The Morgan fingerprint density at radius 2 is 2.08 bits per heavy atom. The number of carbonyl (C=O) groups is 1. The summed E-state index contributed by atoms with van der Waals surface area (Å²) in [4.78, 5) is 11.9. The van der Waals surface area contributed by atoms with Gasteiger partial charge in [-0.05, 0) is 58.2 Å². The van der Waals surface area contributed by atoms with Crippen molar-refractivity contribution in [2.45, 2.75) is 58.7 Å². The van der Waals surface area contributed by atoms with Gasteiger partial charge in [0.2, 0.25) is 0 Å². The summed E-state index contributed by atoms with van der Waals surface area (Å²) in [5.41, 5.74) is 0.833. The molecule has 1 atom stereocenters. The second-order valence-electron chi connectivity index (χ2n) is 7.57.